The second-order valence-corrected chi connectivity index (χ2v) is 3.99. The Hall–Kier alpha value is -2.03. The monoisotopic (exact) mass is 227 g/mol. The molecule has 0 aliphatic carbocycles. The molecule has 2 aromatic rings. The van der Waals surface area contributed by atoms with Crippen molar-refractivity contribution in [2.24, 2.45) is 0 Å². The normalized spacial score (nSPS) is 13.6. The molecule has 0 atom stereocenters. The van der Waals surface area contributed by atoms with Crippen LogP contribution in [0.5, 0.6) is 17.4 Å². The van der Waals surface area contributed by atoms with Crippen LogP contribution in [-0.2, 0) is 6.42 Å². The summed E-state index contributed by atoms with van der Waals surface area (Å²) in [6, 6.07) is 11.5. The molecule has 17 heavy (non-hydrogen) atoms. The van der Waals surface area contributed by atoms with E-state index < -0.39 is 0 Å². The lowest BCUT2D eigenvalue weighted by Crippen LogP contribution is -2.08. The lowest BCUT2D eigenvalue weighted by Gasteiger charge is -2.17. The van der Waals surface area contributed by atoms with Gasteiger partial charge in [-0.25, -0.2) is 4.98 Å². The minimum Gasteiger partial charge on any atom is -0.493 e. The molecule has 0 unspecified atom stereocenters. The zero-order valence-corrected chi connectivity index (χ0v) is 9.43. The van der Waals surface area contributed by atoms with E-state index in [0.717, 1.165) is 30.9 Å². The Morgan fingerprint density at radius 3 is 3.06 bits per heavy atom. The van der Waals surface area contributed by atoms with Gasteiger partial charge in [-0.15, -0.1) is 0 Å². The number of pyridine rings is 1. The topological polar surface area (TPSA) is 31.4 Å². The number of benzene rings is 1. The summed E-state index contributed by atoms with van der Waals surface area (Å²) in [6.07, 6.45) is 3.84. The Bertz CT molecular complexity index is 511. The maximum atomic E-state index is 5.68. The molecule has 1 aromatic carbocycles. The Balaban J connectivity index is 1.84. The summed E-state index contributed by atoms with van der Waals surface area (Å²) in [5, 5.41) is 0. The van der Waals surface area contributed by atoms with Crippen molar-refractivity contribution in [3.63, 3.8) is 0 Å². The summed E-state index contributed by atoms with van der Waals surface area (Å²) in [5.41, 5.74) is 1.21. The Kier molecular flexibility index (Phi) is 2.66. The van der Waals surface area contributed by atoms with Gasteiger partial charge in [-0.3, -0.25) is 0 Å². The third-order valence-electron chi connectivity index (χ3n) is 2.74. The Morgan fingerprint density at radius 2 is 2.18 bits per heavy atom. The molecule has 3 nitrogen and oxygen atoms in total. The van der Waals surface area contributed by atoms with Gasteiger partial charge in [-0.2, -0.15) is 0 Å². The quantitative estimate of drug-likeness (QED) is 0.789. The molecule has 86 valence electrons. The molecular formula is C14H13NO2. The molecule has 3 heteroatoms. The molecular weight excluding hydrogens is 214 g/mol. The maximum Gasteiger partial charge on any atom is 0.219 e. The van der Waals surface area contributed by atoms with Crippen LogP contribution in [-0.4, -0.2) is 11.6 Å². The van der Waals surface area contributed by atoms with Gasteiger partial charge in [0.25, 0.3) is 0 Å². The van der Waals surface area contributed by atoms with Crippen LogP contribution < -0.4 is 9.47 Å². The van der Waals surface area contributed by atoms with Crippen molar-refractivity contribution in [2.75, 3.05) is 6.61 Å². The highest BCUT2D eigenvalue weighted by molar-refractivity contribution is 5.42. The van der Waals surface area contributed by atoms with Gasteiger partial charge >= 0.3 is 0 Å². The van der Waals surface area contributed by atoms with Gasteiger partial charge in [0.05, 0.1) is 6.61 Å². The van der Waals surface area contributed by atoms with Crippen molar-refractivity contribution in [3.8, 4) is 17.4 Å². The van der Waals surface area contributed by atoms with Gasteiger partial charge in [-0.05, 0) is 42.7 Å². The first-order chi connectivity index (χ1) is 8.42. The molecule has 0 saturated heterocycles. The zero-order chi connectivity index (χ0) is 11.5. The van der Waals surface area contributed by atoms with E-state index in [1.807, 2.05) is 36.4 Å². The SMILES string of the molecule is c1ccc(Oc2ccc3c(c2)CCCO3)nc1. The number of fused-ring (bicyclic) bond motifs is 1. The van der Waals surface area contributed by atoms with Crippen LogP contribution in [0.4, 0.5) is 0 Å². The van der Waals surface area contributed by atoms with E-state index in [2.05, 4.69) is 4.98 Å². The number of rotatable bonds is 2. The van der Waals surface area contributed by atoms with Gasteiger partial charge < -0.3 is 9.47 Å². The molecule has 0 N–H and O–H groups in total. The lowest BCUT2D eigenvalue weighted by atomic mass is 10.1. The van der Waals surface area contributed by atoms with Crippen LogP contribution in [0.25, 0.3) is 0 Å². The summed E-state index contributed by atoms with van der Waals surface area (Å²) in [6.45, 7) is 0.813. The summed E-state index contributed by atoms with van der Waals surface area (Å²) in [5.74, 6) is 2.40. The fourth-order valence-corrected chi connectivity index (χ4v) is 1.93. The number of ether oxygens (including phenoxy) is 2. The summed E-state index contributed by atoms with van der Waals surface area (Å²) >= 11 is 0. The molecule has 1 aliphatic rings. The van der Waals surface area contributed by atoms with Crippen LogP contribution in [0, 0.1) is 0 Å². The fraction of sp³-hybridized carbons (Fsp3) is 0.214. The predicted octanol–water partition coefficient (Wildman–Crippen LogP) is 3.20. The number of hydrogen-bond donors (Lipinski definition) is 0. The molecule has 2 heterocycles. The van der Waals surface area contributed by atoms with Crippen molar-refractivity contribution in [1.29, 1.82) is 0 Å². The van der Waals surface area contributed by atoms with E-state index in [-0.39, 0.29) is 0 Å². The summed E-state index contributed by atoms with van der Waals surface area (Å²) in [7, 11) is 0. The third-order valence-corrected chi connectivity index (χ3v) is 2.74. The van der Waals surface area contributed by atoms with Crippen molar-refractivity contribution in [3.05, 3.63) is 48.2 Å². The van der Waals surface area contributed by atoms with Crippen molar-refractivity contribution in [2.45, 2.75) is 12.8 Å². The largest absolute Gasteiger partial charge is 0.493 e. The number of nitrogens with zero attached hydrogens (tertiary/aromatic N) is 1. The van der Waals surface area contributed by atoms with Gasteiger partial charge in [0, 0.05) is 12.3 Å². The van der Waals surface area contributed by atoms with Crippen molar-refractivity contribution >= 4 is 0 Å². The van der Waals surface area contributed by atoms with Crippen LogP contribution >= 0.6 is 0 Å². The maximum absolute atomic E-state index is 5.68. The standard InChI is InChI=1S/C14H13NO2/c1-2-8-15-14(5-1)17-12-6-7-13-11(10-12)4-3-9-16-13/h1-2,5-8,10H,3-4,9H2. The van der Waals surface area contributed by atoms with Gasteiger partial charge in [-0.1, -0.05) is 6.07 Å². The van der Waals surface area contributed by atoms with Gasteiger partial charge in [0.15, 0.2) is 0 Å². The highest BCUT2D eigenvalue weighted by Crippen LogP contribution is 2.30. The number of hydrogen-bond acceptors (Lipinski definition) is 3. The minimum atomic E-state index is 0.615. The van der Waals surface area contributed by atoms with Crippen molar-refractivity contribution in [1.82, 2.24) is 4.98 Å². The highest BCUT2D eigenvalue weighted by Gasteiger charge is 2.11. The van der Waals surface area contributed by atoms with E-state index in [1.54, 1.807) is 6.20 Å². The molecule has 0 spiro atoms. The summed E-state index contributed by atoms with van der Waals surface area (Å²) < 4.78 is 11.2. The van der Waals surface area contributed by atoms with Crippen molar-refractivity contribution < 1.29 is 9.47 Å². The lowest BCUT2D eigenvalue weighted by molar-refractivity contribution is 0.287. The van der Waals surface area contributed by atoms with E-state index in [1.165, 1.54) is 5.56 Å². The molecule has 0 saturated carbocycles. The molecule has 3 rings (SSSR count). The molecule has 1 aromatic heterocycles. The number of aromatic nitrogens is 1. The van der Waals surface area contributed by atoms with E-state index in [4.69, 9.17) is 9.47 Å². The number of aryl methyl sites for hydroxylation is 1. The van der Waals surface area contributed by atoms with Gasteiger partial charge in [0.2, 0.25) is 5.88 Å². The highest BCUT2D eigenvalue weighted by atomic mass is 16.5. The summed E-state index contributed by atoms with van der Waals surface area (Å²) in [4.78, 5) is 4.13. The first-order valence-electron chi connectivity index (χ1n) is 5.76. The van der Waals surface area contributed by atoms with Crippen LogP contribution in [0.1, 0.15) is 12.0 Å². The molecule has 0 radical (unpaired) electrons. The van der Waals surface area contributed by atoms with E-state index >= 15 is 0 Å². The molecule has 1 aliphatic heterocycles. The Morgan fingerprint density at radius 1 is 1.18 bits per heavy atom. The smallest absolute Gasteiger partial charge is 0.219 e. The minimum absolute atomic E-state index is 0.615. The van der Waals surface area contributed by atoms with Gasteiger partial charge in [0.1, 0.15) is 11.5 Å². The Labute approximate surface area is 100 Å². The molecule has 0 fully saturated rings. The second-order valence-electron chi connectivity index (χ2n) is 3.99. The molecule has 0 amide bonds. The van der Waals surface area contributed by atoms with E-state index in [9.17, 15) is 0 Å². The second kappa shape index (κ2) is 4.45. The first kappa shape index (κ1) is 10.1. The average molecular weight is 227 g/mol. The predicted molar refractivity (Wildman–Crippen MR) is 64.6 cm³/mol. The average Bonchev–Trinajstić information content (AvgIpc) is 2.40. The fourth-order valence-electron chi connectivity index (χ4n) is 1.93. The molecule has 0 bridgehead atoms. The van der Waals surface area contributed by atoms with E-state index in [0.29, 0.717) is 5.88 Å². The zero-order valence-electron chi connectivity index (χ0n) is 9.43. The van der Waals surface area contributed by atoms with Crippen LogP contribution in [0.3, 0.4) is 0 Å². The third kappa shape index (κ3) is 2.23. The first-order valence-corrected chi connectivity index (χ1v) is 5.76. The van der Waals surface area contributed by atoms with Crippen LogP contribution in [0.15, 0.2) is 42.6 Å². The van der Waals surface area contributed by atoms with Crippen LogP contribution in [0.2, 0.25) is 0 Å².